The lowest BCUT2D eigenvalue weighted by molar-refractivity contribution is 0.00820. The van der Waals surface area contributed by atoms with Crippen LogP contribution in [0.2, 0.25) is 0 Å². The number of rotatable bonds is 6. The Morgan fingerprint density at radius 3 is 2.63 bits per heavy atom. The highest BCUT2D eigenvalue weighted by Crippen LogP contribution is 2.36. The van der Waals surface area contributed by atoms with Gasteiger partial charge in [0.2, 0.25) is 0 Å². The summed E-state index contributed by atoms with van der Waals surface area (Å²) in [5.41, 5.74) is 1.16. The summed E-state index contributed by atoms with van der Waals surface area (Å²) in [6, 6.07) is 6.46. The quantitative estimate of drug-likeness (QED) is 0.337. The fraction of sp³-hybridized carbons (Fsp3) is 0.636. The van der Waals surface area contributed by atoms with E-state index in [9.17, 15) is 4.39 Å². The van der Waals surface area contributed by atoms with Crippen molar-refractivity contribution >= 4 is 29.9 Å². The molecule has 3 rings (SSSR count). The Hall–Kier alpha value is -1.44. The molecular weight excluding hydrogens is 496 g/mol. The predicted octanol–water partition coefficient (Wildman–Crippen LogP) is 3.26. The van der Waals surface area contributed by atoms with E-state index >= 15 is 0 Å². The average Bonchev–Trinajstić information content (AvgIpc) is 2.76. The van der Waals surface area contributed by atoms with Crippen LogP contribution >= 0.6 is 24.0 Å². The van der Waals surface area contributed by atoms with E-state index in [1.165, 1.54) is 44.2 Å². The molecular formula is C22H33FIN5O. The highest BCUT2D eigenvalue weighted by molar-refractivity contribution is 14.0. The zero-order chi connectivity index (χ0) is 20.5. The number of nitrogens with one attached hydrogen (secondary N) is 2. The number of halogens is 2. The molecule has 0 unspecified atom stereocenters. The Labute approximate surface area is 196 Å². The Morgan fingerprint density at radius 2 is 1.97 bits per heavy atom. The first-order valence-corrected chi connectivity index (χ1v) is 10.6. The molecule has 1 aliphatic heterocycles. The van der Waals surface area contributed by atoms with Crippen molar-refractivity contribution < 1.29 is 9.13 Å². The van der Waals surface area contributed by atoms with Crippen molar-refractivity contribution in [1.82, 2.24) is 15.5 Å². The monoisotopic (exact) mass is 529 g/mol. The SMILES string of the molecule is CN=C(NCc1cc(C#N)ccc1F)NCC1(CN2CCOCC2)CCCCC1.I. The molecule has 2 aliphatic rings. The number of ether oxygens (including phenoxy) is 1. The maximum atomic E-state index is 14.0. The Bertz CT molecular complexity index is 740. The lowest BCUT2D eigenvalue weighted by Crippen LogP contribution is -2.51. The summed E-state index contributed by atoms with van der Waals surface area (Å²) in [6.45, 7) is 5.87. The molecule has 1 aliphatic carbocycles. The minimum atomic E-state index is -0.317. The van der Waals surface area contributed by atoms with Crippen LogP contribution in [-0.4, -0.2) is 57.3 Å². The third kappa shape index (κ3) is 7.06. The summed E-state index contributed by atoms with van der Waals surface area (Å²) in [5.74, 6) is 0.349. The number of morpholine rings is 1. The van der Waals surface area contributed by atoms with Gasteiger partial charge < -0.3 is 15.4 Å². The second kappa shape index (κ2) is 12.4. The van der Waals surface area contributed by atoms with Gasteiger partial charge in [-0.3, -0.25) is 9.89 Å². The zero-order valence-electron chi connectivity index (χ0n) is 17.8. The van der Waals surface area contributed by atoms with E-state index in [4.69, 9.17) is 10.00 Å². The van der Waals surface area contributed by atoms with Gasteiger partial charge in [-0.1, -0.05) is 19.3 Å². The number of hydrogen-bond donors (Lipinski definition) is 2. The van der Waals surface area contributed by atoms with Gasteiger partial charge >= 0.3 is 0 Å². The topological polar surface area (TPSA) is 72.7 Å². The van der Waals surface area contributed by atoms with Crippen molar-refractivity contribution in [1.29, 1.82) is 5.26 Å². The summed E-state index contributed by atoms with van der Waals surface area (Å²) in [7, 11) is 1.73. The molecule has 0 aromatic heterocycles. The molecule has 1 heterocycles. The van der Waals surface area contributed by atoms with Crippen molar-refractivity contribution in [3.8, 4) is 6.07 Å². The minimum absolute atomic E-state index is 0. The first-order valence-electron chi connectivity index (χ1n) is 10.6. The van der Waals surface area contributed by atoms with Crippen LogP contribution in [0, 0.1) is 22.6 Å². The van der Waals surface area contributed by atoms with Crippen molar-refractivity contribution in [3.05, 3.63) is 35.1 Å². The lowest BCUT2D eigenvalue weighted by Gasteiger charge is -2.42. The molecule has 1 saturated carbocycles. The maximum Gasteiger partial charge on any atom is 0.191 e. The van der Waals surface area contributed by atoms with Crippen molar-refractivity contribution in [2.45, 2.75) is 38.6 Å². The lowest BCUT2D eigenvalue weighted by atomic mass is 9.73. The van der Waals surface area contributed by atoms with Crippen LogP contribution in [0.1, 0.15) is 43.2 Å². The van der Waals surface area contributed by atoms with Gasteiger partial charge in [-0.05, 0) is 31.0 Å². The molecule has 1 aromatic carbocycles. The molecule has 166 valence electrons. The first-order chi connectivity index (χ1) is 14.1. The van der Waals surface area contributed by atoms with Crippen molar-refractivity contribution in [2.75, 3.05) is 46.4 Å². The van der Waals surface area contributed by atoms with Gasteiger partial charge in [-0.2, -0.15) is 5.26 Å². The van der Waals surface area contributed by atoms with Gasteiger partial charge in [0, 0.05) is 50.7 Å². The number of guanidine groups is 1. The van der Waals surface area contributed by atoms with Crippen molar-refractivity contribution in [3.63, 3.8) is 0 Å². The van der Waals surface area contributed by atoms with E-state index in [2.05, 4.69) is 26.6 Å². The zero-order valence-corrected chi connectivity index (χ0v) is 20.1. The molecule has 0 amide bonds. The van der Waals surface area contributed by atoms with Crippen LogP contribution in [-0.2, 0) is 11.3 Å². The van der Waals surface area contributed by atoms with Crippen LogP contribution in [0.15, 0.2) is 23.2 Å². The average molecular weight is 529 g/mol. The summed E-state index contributed by atoms with van der Waals surface area (Å²) < 4.78 is 19.5. The maximum absolute atomic E-state index is 14.0. The molecule has 0 spiro atoms. The molecule has 1 saturated heterocycles. The number of benzene rings is 1. The molecule has 0 radical (unpaired) electrons. The molecule has 1 aromatic rings. The molecule has 2 N–H and O–H groups in total. The standard InChI is InChI=1S/C22H32FN5O.HI/c1-25-21(26-15-19-13-18(14-24)5-6-20(19)23)27-16-22(7-3-2-4-8-22)17-28-9-11-29-12-10-28;/h5-6,13H,2-4,7-12,15-17H2,1H3,(H2,25,26,27);1H. The fourth-order valence-corrected chi connectivity index (χ4v) is 4.38. The third-order valence-electron chi connectivity index (χ3n) is 6.05. The summed E-state index contributed by atoms with van der Waals surface area (Å²) in [4.78, 5) is 6.83. The van der Waals surface area contributed by atoms with Crippen LogP contribution in [0.25, 0.3) is 0 Å². The molecule has 8 heteroatoms. The van der Waals surface area contributed by atoms with E-state index in [1.807, 2.05) is 0 Å². The van der Waals surface area contributed by atoms with Crippen LogP contribution in [0.4, 0.5) is 4.39 Å². The van der Waals surface area contributed by atoms with Gasteiger partial charge in [-0.25, -0.2) is 4.39 Å². The summed E-state index contributed by atoms with van der Waals surface area (Å²) in [6.07, 6.45) is 6.28. The number of hydrogen-bond acceptors (Lipinski definition) is 4. The van der Waals surface area contributed by atoms with E-state index in [-0.39, 0.29) is 41.8 Å². The number of aliphatic imine (C=N–C) groups is 1. The van der Waals surface area contributed by atoms with E-state index in [0.717, 1.165) is 39.4 Å². The number of nitriles is 1. The van der Waals surface area contributed by atoms with E-state index in [0.29, 0.717) is 17.1 Å². The van der Waals surface area contributed by atoms with Gasteiger partial charge in [0.1, 0.15) is 5.82 Å². The molecule has 0 atom stereocenters. The third-order valence-corrected chi connectivity index (χ3v) is 6.05. The Balaban J connectivity index is 0.00000320. The highest BCUT2D eigenvalue weighted by Gasteiger charge is 2.34. The minimum Gasteiger partial charge on any atom is -0.379 e. The Kier molecular flexibility index (Phi) is 10.3. The van der Waals surface area contributed by atoms with Crippen LogP contribution < -0.4 is 10.6 Å². The van der Waals surface area contributed by atoms with E-state index < -0.39 is 0 Å². The van der Waals surface area contributed by atoms with Crippen LogP contribution in [0.5, 0.6) is 0 Å². The second-order valence-electron chi connectivity index (χ2n) is 8.15. The van der Waals surface area contributed by atoms with Crippen molar-refractivity contribution in [2.24, 2.45) is 10.4 Å². The van der Waals surface area contributed by atoms with Gasteiger partial charge in [-0.15, -0.1) is 24.0 Å². The molecule has 2 fully saturated rings. The van der Waals surface area contributed by atoms with Gasteiger partial charge in [0.25, 0.3) is 0 Å². The Morgan fingerprint density at radius 1 is 1.23 bits per heavy atom. The van der Waals surface area contributed by atoms with E-state index in [1.54, 1.807) is 13.1 Å². The van der Waals surface area contributed by atoms with Gasteiger partial charge in [0.05, 0.1) is 24.8 Å². The first kappa shape index (κ1) is 24.8. The highest BCUT2D eigenvalue weighted by atomic mass is 127. The number of nitrogens with zero attached hydrogens (tertiary/aromatic N) is 3. The predicted molar refractivity (Wildman–Crippen MR) is 128 cm³/mol. The fourth-order valence-electron chi connectivity index (χ4n) is 4.38. The molecule has 0 bridgehead atoms. The summed E-state index contributed by atoms with van der Waals surface area (Å²) >= 11 is 0. The smallest absolute Gasteiger partial charge is 0.191 e. The molecule has 6 nitrogen and oxygen atoms in total. The van der Waals surface area contributed by atoms with Crippen LogP contribution in [0.3, 0.4) is 0 Å². The second-order valence-corrected chi connectivity index (χ2v) is 8.15. The largest absolute Gasteiger partial charge is 0.379 e. The van der Waals surface area contributed by atoms with Gasteiger partial charge in [0.15, 0.2) is 5.96 Å². The summed E-state index contributed by atoms with van der Waals surface area (Å²) in [5, 5.41) is 15.7. The normalized spacial score (nSPS) is 19.4. The molecule has 30 heavy (non-hydrogen) atoms.